The van der Waals surface area contributed by atoms with E-state index in [1.54, 1.807) is 0 Å². The molecule has 31 heavy (non-hydrogen) atoms. The molecule has 0 aromatic heterocycles. The van der Waals surface area contributed by atoms with Crippen LogP contribution < -0.4 is 0 Å². The Bertz CT molecular complexity index is 654. The van der Waals surface area contributed by atoms with Crippen molar-refractivity contribution in [2.75, 3.05) is 0 Å². The topological polar surface area (TPSA) is 0 Å². The Hall–Kier alpha value is -1.42. The second-order valence-corrected chi connectivity index (χ2v) is 9.38. The summed E-state index contributed by atoms with van der Waals surface area (Å²) in [5, 5.41) is 0. The first-order chi connectivity index (χ1) is 13.7. The molecule has 0 aliphatic heterocycles. The molecule has 0 nitrogen and oxygen atoms in total. The normalized spacial score (nSPS) is 10.2. The van der Waals surface area contributed by atoms with Crippen LogP contribution >= 0.6 is 0 Å². The molecule has 0 heterocycles. The Morgan fingerprint density at radius 1 is 0.290 bits per heavy atom. The van der Waals surface area contributed by atoms with Gasteiger partial charge in [-0.2, -0.15) is 83.5 Å². The summed E-state index contributed by atoms with van der Waals surface area (Å²) >= 11 is 0. The molecule has 0 fully saturated rings. The molecule has 0 aliphatic rings. The van der Waals surface area contributed by atoms with Crippen LogP contribution in [0.25, 0.3) is 0 Å². The first-order valence-corrected chi connectivity index (χ1v) is 11.2. The molecule has 0 saturated heterocycles. The van der Waals surface area contributed by atoms with Gasteiger partial charge in [-0.3, -0.25) is 0 Å². The van der Waals surface area contributed by atoms with Crippen LogP contribution in [-0.2, 0) is 17.4 Å². The van der Waals surface area contributed by atoms with Crippen LogP contribution in [0.15, 0.2) is 0 Å². The average molecular weight is 458 g/mol. The molecule has 3 rings (SSSR count). The van der Waals surface area contributed by atoms with Gasteiger partial charge in [0, 0.05) is 0 Å². The summed E-state index contributed by atoms with van der Waals surface area (Å²) in [6, 6.07) is 0. The second-order valence-electron chi connectivity index (χ2n) is 9.38. The first-order valence-electron chi connectivity index (χ1n) is 11.2. The molecule has 0 spiro atoms. The summed E-state index contributed by atoms with van der Waals surface area (Å²) < 4.78 is 0. The third-order valence-corrected chi connectivity index (χ3v) is 8.44. The van der Waals surface area contributed by atoms with E-state index in [4.69, 9.17) is 0 Å². The maximum atomic E-state index is 2.20. The van der Waals surface area contributed by atoms with Gasteiger partial charge in [0.2, 0.25) is 0 Å². The first kappa shape index (κ1) is 29.6. The summed E-state index contributed by atoms with van der Waals surface area (Å²) in [5.41, 5.74) is 22.0. The predicted octanol–water partition coefficient (Wildman–Crippen LogP) is 8.84. The van der Waals surface area contributed by atoms with Crippen LogP contribution in [0.5, 0.6) is 0 Å². The van der Waals surface area contributed by atoms with E-state index >= 15 is 0 Å². The molecule has 1 radical (unpaired) electrons. The Balaban J connectivity index is 0.000000429. The molecule has 0 atom stereocenters. The molecule has 3 aromatic carbocycles. The summed E-state index contributed by atoms with van der Waals surface area (Å²) in [6.45, 7) is 33.0. The fraction of sp³-hybridized carbons (Fsp3) is 0.500. The number of hydrogen-bond donors (Lipinski definition) is 0. The molecular formula is C30H45Cr. The van der Waals surface area contributed by atoms with E-state index < -0.39 is 0 Å². The molecule has 0 unspecified atom stereocenters. The van der Waals surface area contributed by atoms with Gasteiger partial charge in [0.15, 0.2) is 0 Å². The fourth-order valence-corrected chi connectivity index (χ4v) is 4.22. The zero-order valence-corrected chi connectivity index (χ0v) is 24.2. The maximum absolute atomic E-state index is 2.20. The minimum atomic E-state index is 0. The second kappa shape index (κ2) is 11.4. The molecule has 0 bridgehead atoms. The Morgan fingerprint density at radius 3 is 0.419 bits per heavy atom. The van der Waals surface area contributed by atoms with Crippen molar-refractivity contribution in [1.82, 2.24) is 0 Å². The molecule has 0 aliphatic carbocycles. The number of rotatable bonds is 0. The van der Waals surface area contributed by atoms with Gasteiger partial charge in [0.05, 0.1) is 0 Å². The zero-order chi connectivity index (χ0) is 23.7. The summed E-state index contributed by atoms with van der Waals surface area (Å²) in [4.78, 5) is 0. The van der Waals surface area contributed by atoms with Crippen LogP contribution in [0.2, 0.25) is 0 Å². The minimum absolute atomic E-state index is 0. The van der Waals surface area contributed by atoms with Gasteiger partial charge in [-0.05, 0) is 0 Å². The third kappa shape index (κ3) is 5.89. The van der Waals surface area contributed by atoms with Crippen LogP contribution in [0.1, 0.15) is 83.5 Å². The third-order valence-electron chi connectivity index (χ3n) is 8.44. The molecule has 0 N–H and O–H groups in total. The monoisotopic (exact) mass is 457 g/mol. The van der Waals surface area contributed by atoms with Crippen molar-refractivity contribution in [3.05, 3.63) is 83.5 Å². The van der Waals surface area contributed by atoms with E-state index in [1.165, 1.54) is 83.5 Å². The number of hydrogen-bond acceptors (Lipinski definition) is 0. The standard InChI is InChI=1S/3C10H15.Cr/c3*1-6-7(2)9(4)10(5)8(6)3;/h3*1-5H3;/q3*-1;+3. The van der Waals surface area contributed by atoms with Crippen molar-refractivity contribution < 1.29 is 17.4 Å². The zero-order valence-electron chi connectivity index (χ0n) is 22.9. The van der Waals surface area contributed by atoms with Gasteiger partial charge in [-0.1, -0.05) is 104 Å². The van der Waals surface area contributed by atoms with E-state index in [-0.39, 0.29) is 17.4 Å². The van der Waals surface area contributed by atoms with Crippen LogP contribution in [0, 0.1) is 104 Å². The van der Waals surface area contributed by atoms with E-state index in [9.17, 15) is 0 Å². The SMILES string of the molecule is Cc1c(C)c(C)[c-](C)c1C.Cc1c(C)c(C)[c-](C)c1C.Cc1c(C)c(C)[c-](C)c1C.[Cr+3]. The van der Waals surface area contributed by atoms with Crippen molar-refractivity contribution >= 4 is 0 Å². The van der Waals surface area contributed by atoms with Crippen molar-refractivity contribution in [3.8, 4) is 0 Å². The van der Waals surface area contributed by atoms with Gasteiger partial charge in [-0.25, -0.2) is 0 Å². The van der Waals surface area contributed by atoms with Gasteiger partial charge in [0.1, 0.15) is 0 Å². The maximum Gasteiger partial charge on any atom is 3.00 e. The average Bonchev–Trinajstić information content (AvgIpc) is 3.09. The molecule has 0 saturated carbocycles. The van der Waals surface area contributed by atoms with Crippen LogP contribution in [0.4, 0.5) is 0 Å². The minimum Gasteiger partial charge on any atom is -0.196 e. The Labute approximate surface area is 204 Å². The van der Waals surface area contributed by atoms with Gasteiger partial charge in [0.25, 0.3) is 0 Å². The van der Waals surface area contributed by atoms with Crippen molar-refractivity contribution in [2.45, 2.75) is 104 Å². The van der Waals surface area contributed by atoms with Gasteiger partial charge >= 0.3 is 17.4 Å². The van der Waals surface area contributed by atoms with E-state index in [1.807, 2.05) is 0 Å². The predicted molar refractivity (Wildman–Crippen MR) is 137 cm³/mol. The summed E-state index contributed by atoms with van der Waals surface area (Å²) in [6.07, 6.45) is 0. The van der Waals surface area contributed by atoms with E-state index in [2.05, 4.69) is 104 Å². The quantitative estimate of drug-likeness (QED) is 0.296. The largest absolute Gasteiger partial charge is 3.00 e. The van der Waals surface area contributed by atoms with Crippen molar-refractivity contribution in [3.63, 3.8) is 0 Å². The smallest absolute Gasteiger partial charge is 0.196 e. The molecule has 1 heteroatoms. The molecule has 3 aromatic rings. The van der Waals surface area contributed by atoms with Crippen molar-refractivity contribution in [1.29, 1.82) is 0 Å². The Morgan fingerprint density at radius 2 is 0.387 bits per heavy atom. The van der Waals surface area contributed by atoms with Gasteiger partial charge in [-0.15, -0.1) is 0 Å². The molecular weight excluding hydrogens is 412 g/mol. The molecule has 171 valence electrons. The van der Waals surface area contributed by atoms with E-state index in [0.717, 1.165) is 0 Å². The summed E-state index contributed by atoms with van der Waals surface area (Å²) in [5.74, 6) is 0. The van der Waals surface area contributed by atoms with E-state index in [0.29, 0.717) is 0 Å². The molecule has 0 amide bonds. The van der Waals surface area contributed by atoms with Crippen molar-refractivity contribution in [2.24, 2.45) is 0 Å². The van der Waals surface area contributed by atoms with Crippen LogP contribution in [0.3, 0.4) is 0 Å². The fourth-order valence-electron chi connectivity index (χ4n) is 4.22. The Kier molecular flexibility index (Phi) is 10.9. The summed E-state index contributed by atoms with van der Waals surface area (Å²) in [7, 11) is 0. The van der Waals surface area contributed by atoms with Gasteiger partial charge < -0.3 is 0 Å². The van der Waals surface area contributed by atoms with Crippen LogP contribution in [-0.4, -0.2) is 0 Å².